The van der Waals surface area contributed by atoms with Crippen molar-refractivity contribution in [3.63, 3.8) is 0 Å². The van der Waals surface area contributed by atoms with Crippen molar-refractivity contribution in [2.24, 2.45) is 0 Å². The van der Waals surface area contributed by atoms with Gasteiger partial charge in [0.15, 0.2) is 5.79 Å². The van der Waals surface area contributed by atoms with Crippen LogP contribution < -0.4 is 0 Å². The Morgan fingerprint density at radius 1 is 1.44 bits per heavy atom. The standard InChI is InChI=1S/C13H18O3/c1-10(5-6-11(2)8-14)7-12-9-15-13(3,4)16-12/h5-6,8,12H,1-2,7,9H2,3-4H3/b6-5-. The normalized spacial score (nSPS) is 23.5. The molecule has 0 bridgehead atoms. The van der Waals surface area contributed by atoms with Crippen molar-refractivity contribution in [3.05, 3.63) is 36.5 Å². The Morgan fingerprint density at radius 2 is 2.12 bits per heavy atom. The molecule has 0 spiro atoms. The summed E-state index contributed by atoms with van der Waals surface area (Å²) < 4.78 is 11.1. The highest BCUT2D eigenvalue weighted by molar-refractivity contribution is 5.76. The fourth-order valence-corrected chi connectivity index (χ4v) is 1.49. The summed E-state index contributed by atoms with van der Waals surface area (Å²) >= 11 is 0. The number of aldehydes is 1. The first-order valence-corrected chi connectivity index (χ1v) is 5.24. The van der Waals surface area contributed by atoms with Crippen molar-refractivity contribution in [3.8, 4) is 0 Å². The zero-order chi connectivity index (χ0) is 12.2. The van der Waals surface area contributed by atoms with E-state index in [-0.39, 0.29) is 6.10 Å². The lowest BCUT2D eigenvalue weighted by molar-refractivity contribution is -0.137. The third-order valence-electron chi connectivity index (χ3n) is 2.24. The molecule has 0 aliphatic carbocycles. The van der Waals surface area contributed by atoms with Crippen molar-refractivity contribution in [2.75, 3.05) is 6.61 Å². The molecule has 3 heteroatoms. The molecule has 0 aromatic rings. The van der Waals surface area contributed by atoms with Crippen LogP contribution in [0.1, 0.15) is 20.3 Å². The highest BCUT2D eigenvalue weighted by atomic mass is 16.7. The van der Waals surface area contributed by atoms with Gasteiger partial charge in [-0.15, -0.1) is 0 Å². The maximum absolute atomic E-state index is 10.3. The molecule has 1 atom stereocenters. The van der Waals surface area contributed by atoms with E-state index in [0.29, 0.717) is 24.9 Å². The van der Waals surface area contributed by atoms with Gasteiger partial charge in [0.25, 0.3) is 0 Å². The van der Waals surface area contributed by atoms with E-state index in [1.807, 2.05) is 13.8 Å². The van der Waals surface area contributed by atoms with Gasteiger partial charge in [0.1, 0.15) is 6.29 Å². The lowest BCUT2D eigenvalue weighted by Crippen LogP contribution is -2.21. The molecule has 16 heavy (non-hydrogen) atoms. The molecule has 0 N–H and O–H groups in total. The first kappa shape index (κ1) is 12.9. The van der Waals surface area contributed by atoms with E-state index in [4.69, 9.17) is 9.47 Å². The quantitative estimate of drug-likeness (QED) is 0.407. The Kier molecular flexibility index (Phi) is 4.21. The van der Waals surface area contributed by atoms with Gasteiger partial charge in [-0.3, -0.25) is 4.79 Å². The molecule has 0 aromatic carbocycles. The molecular weight excluding hydrogens is 204 g/mol. The minimum atomic E-state index is -0.499. The molecule has 1 unspecified atom stereocenters. The van der Waals surface area contributed by atoms with Crippen molar-refractivity contribution < 1.29 is 14.3 Å². The first-order valence-electron chi connectivity index (χ1n) is 5.24. The maximum atomic E-state index is 10.3. The smallest absolute Gasteiger partial charge is 0.163 e. The molecule has 88 valence electrons. The van der Waals surface area contributed by atoms with E-state index in [1.54, 1.807) is 12.2 Å². The summed E-state index contributed by atoms with van der Waals surface area (Å²) in [5.41, 5.74) is 1.33. The fourth-order valence-electron chi connectivity index (χ4n) is 1.49. The number of hydrogen-bond acceptors (Lipinski definition) is 3. The number of ether oxygens (including phenoxy) is 2. The van der Waals surface area contributed by atoms with E-state index in [0.717, 1.165) is 5.57 Å². The van der Waals surface area contributed by atoms with Gasteiger partial charge in [0.05, 0.1) is 12.7 Å². The molecule has 1 rings (SSSR count). The number of rotatable bonds is 5. The van der Waals surface area contributed by atoms with Crippen molar-refractivity contribution >= 4 is 6.29 Å². The Morgan fingerprint density at radius 3 is 2.62 bits per heavy atom. The summed E-state index contributed by atoms with van der Waals surface area (Å²) in [6, 6.07) is 0. The topological polar surface area (TPSA) is 35.5 Å². The average Bonchev–Trinajstić information content (AvgIpc) is 2.54. The Labute approximate surface area is 96.4 Å². The van der Waals surface area contributed by atoms with E-state index in [1.165, 1.54) is 0 Å². The molecule has 0 amide bonds. The molecule has 1 saturated heterocycles. The molecule has 1 heterocycles. The van der Waals surface area contributed by atoms with Crippen LogP contribution in [0.3, 0.4) is 0 Å². The SMILES string of the molecule is C=C(C=O)/C=C\C(=C)CC1COC(C)(C)O1. The second-order valence-corrected chi connectivity index (χ2v) is 4.34. The van der Waals surface area contributed by atoms with E-state index in [2.05, 4.69) is 13.2 Å². The maximum Gasteiger partial charge on any atom is 0.163 e. The molecule has 0 saturated carbocycles. The average molecular weight is 222 g/mol. The molecule has 3 nitrogen and oxygen atoms in total. The van der Waals surface area contributed by atoms with Gasteiger partial charge in [-0.25, -0.2) is 0 Å². The van der Waals surface area contributed by atoms with Gasteiger partial charge in [0, 0.05) is 12.0 Å². The van der Waals surface area contributed by atoms with Crippen LogP contribution in [0.5, 0.6) is 0 Å². The van der Waals surface area contributed by atoms with Crippen molar-refractivity contribution in [2.45, 2.75) is 32.2 Å². The fraction of sp³-hybridized carbons (Fsp3) is 0.462. The molecule has 1 aliphatic heterocycles. The summed E-state index contributed by atoms with van der Waals surface area (Å²) in [4.78, 5) is 10.3. The van der Waals surface area contributed by atoms with Crippen LogP contribution in [0.15, 0.2) is 36.5 Å². The van der Waals surface area contributed by atoms with Gasteiger partial charge >= 0.3 is 0 Å². The van der Waals surface area contributed by atoms with Crippen LogP contribution in [-0.4, -0.2) is 24.8 Å². The molecule has 0 radical (unpaired) electrons. The number of carbonyl (C=O) groups excluding carboxylic acids is 1. The number of hydrogen-bond donors (Lipinski definition) is 0. The van der Waals surface area contributed by atoms with Crippen molar-refractivity contribution in [1.82, 2.24) is 0 Å². The number of carbonyl (C=O) groups is 1. The van der Waals surface area contributed by atoms with Crippen LogP contribution in [0.2, 0.25) is 0 Å². The zero-order valence-electron chi connectivity index (χ0n) is 9.86. The third kappa shape index (κ3) is 4.13. The monoisotopic (exact) mass is 222 g/mol. The molecule has 1 fully saturated rings. The van der Waals surface area contributed by atoms with Gasteiger partial charge in [-0.05, 0) is 13.8 Å². The largest absolute Gasteiger partial charge is 0.348 e. The van der Waals surface area contributed by atoms with Crippen LogP contribution >= 0.6 is 0 Å². The Bertz CT molecular complexity index is 326. The lowest BCUT2D eigenvalue weighted by Gasteiger charge is -2.17. The van der Waals surface area contributed by atoms with Gasteiger partial charge in [0.2, 0.25) is 0 Å². The van der Waals surface area contributed by atoms with E-state index < -0.39 is 5.79 Å². The predicted octanol–water partition coefficient (Wildman–Crippen LogP) is 2.40. The highest BCUT2D eigenvalue weighted by Gasteiger charge is 2.32. The van der Waals surface area contributed by atoms with Gasteiger partial charge in [-0.1, -0.05) is 30.9 Å². The summed E-state index contributed by atoms with van der Waals surface area (Å²) in [6.07, 6.45) is 4.88. The van der Waals surface area contributed by atoms with Crippen LogP contribution in [0.4, 0.5) is 0 Å². The second kappa shape index (κ2) is 5.23. The molecule has 0 aromatic heterocycles. The van der Waals surface area contributed by atoms with Crippen LogP contribution in [-0.2, 0) is 14.3 Å². The minimum absolute atomic E-state index is 0.0386. The second-order valence-electron chi connectivity index (χ2n) is 4.34. The van der Waals surface area contributed by atoms with E-state index in [9.17, 15) is 4.79 Å². The third-order valence-corrected chi connectivity index (χ3v) is 2.24. The predicted molar refractivity (Wildman–Crippen MR) is 63.0 cm³/mol. The summed E-state index contributed by atoms with van der Waals surface area (Å²) in [5, 5.41) is 0. The summed E-state index contributed by atoms with van der Waals surface area (Å²) in [7, 11) is 0. The van der Waals surface area contributed by atoms with Gasteiger partial charge in [-0.2, -0.15) is 0 Å². The first-order chi connectivity index (χ1) is 7.43. The Hall–Kier alpha value is -1.19. The molecular formula is C13H18O3. The lowest BCUT2D eigenvalue weighted by atomic mass is 10.1. The number of allylic oxidation sites excluding steroid dienone is 3. The zero-order valence-corrected chi connectivity index (χ0v) is 9.86. The van der Waals surface area contributed by atoms with Crippen molar-refractivity contribution in [1.29, 1.82) is 0 Å². The van der Waals surface area contributed by atoms with Crippen LogP contribution in [0, 0.1) is 0 Å². The minimum Gasteiger partial charge on any atom is -0.348 e. The Balaban J connectivity index is 2.39. The summed E-state index contributed by atoms with van der Waals surface area (Å²) in [6.45, 7) is 11.8. The summed E-state index contributed by atoms with van der Waals surface area (Å²) in [5.74, 6) is -0.499. The molecule has 1 aliphatic rings. The van der Waals surface area contributed by atoms with Crippen LogP contribution in [0.25, 0.3) is 0 Å². The van der Waals surface area contributed by atoms with Gasteiger partial charge < -0.3 is 9.47 Å². The van der Waals surface area contributed by atoms with E-state index >= 15 is 0 Å². The highest BCUT2D eigenvalue weighted by Crippen LogP contribution is 2.25.